The summed E-state index contributed by atoms with van der Waals surface area (Å²) in [5, 5.41) is 2.54. The molecule has 1 aliphatic carbocycles. The molecule has 88 valence electrons. The fourth-order valence-electron chi connectivity index (χ4n) is 2.68. The molecule has 0 saturated carbocycles. The maximum atomic E-state index is 5.67. The highest BCUT2D eigenvalue weighted by Gasteiger charge is 2.16. The van der Waals surface area contributed by atoms with Gasteiger partial charge in [0.25, 0.3) is 0 Å². The van der Waals surface area contributed by atoms with Crippen LogP contribution in [0.15, 0.2) is 30.3 Å². The molecule has 2 nitrogen and oxygen atoms in total. The minimum Gasteiger partial charge on any atom is -0.467 e. The Morgan fingerprint density at radius 3 is 2.94 bits per heavy atom. The molecule has 0 amide bonds. The number of fused-ring (bicyclic) bond motifs is 3. The lowest BCUT2D eigenvalue weighted by Crippen LogP contribution is -2.00. The monoisotopic (exact) mass is 228 g/mol. The van der Waals surface area contributed by atoms with Crippen LogP contribution in [0.4, 0.5) is 0 Å². The third-order valence-corrected chi connectivity index (χ3v) is 3.42. The molecule has 0 unspecified atom stereocenters. The van der Waals surface area contributed by atoms with Gasteiger partial charge in [-0.05, 0) is 41.8 Å². The normalized spacial score (nSPS) is 13.9. The van der Waals surface area contributed by atoms with Gasteiger partial charge in [-0.2, -0.15) is 0 Å². The summed E-state index contributed by atoms with van der Waals surface area (Å²) in [5.74, 6) is 0.947. The largest absolute Gasteiger partial charge is 0.467 e. The summed E-state index contributed by atoms with van der Waals surface area (Å²) in [6, 6.07) is 10.7. The Hall–Kier alpha value is -1.54. The molecule has 0 bridgehead atoms. The van der Waals surface area contributed by atoms with Crippen LogP contribution in [0.1, 0.15) is 17.5 Å². The molecule has 0 spiro atoms. The maximum Gasteiger partial charge on any atom is 0.188 e. The van der Waals surface area contributed by atoms with Crippen molar-refractivity contribution in [1.82, 2.24) is 0 Å². The predicted molar refractivity (Wildman–Crippen MR) is 68.5 cm³/mol. The molecule has 0 saturated heterocycles. The van der Waals surface area contributed by atoms with Gasteiger partial charge in [-0.3, -0.25) is 0 Å². The summed E-state index contributed by atoms with van der Waals surface area (Å²) in [4.78, 5) is 0. The number of methoxy groups -OCH3 is 1. The van der Waals surface area contributed by atoms with E-state index in [2.05, 4.69) is 18.2 Å². The Morgan fingerprint density at radius 2 is 2.06 bits per heavy atom. The third-order valence-electron chi connectivity index (χ3n) is 3.42. The number of benzene rings is 2. The molecule has 0 atom stereocenters. The Kier molecular flexibility index (Phi) is 2.73. The molecule has 0 radical (unpaired) electrons. The smallest absolute Gasteiger partial charge is 0.188 e. The summed E-state index contributed by atoms with van der Waals surface area (Å²) < 4.78 is 10.7. The van der Waals surface area contributed by atoms with Gasteiger partial charge >= 0.3 is 0 Å². The van der Waals surface area contributed by atoms with Crippen molar-refractivity contribution in [3.8, 4) is 5.75 Å². The zero-order valence-electron chi connectivity index (χ0n) is 10.0. The quantitative estimate of drug-likeness (QED) is 0.750. The van der Waals surface area contributed by atoms with Crippen LogP contribution in [0.3, 0.4) is 0 Å². The molecule has 2 aromatic carbocycles. The first kappa shape index (κ1) is 10.6. The second-order valence-corrected chi connectivity index (χ2v) is 4.46. The van der Waals surface area contributed by atoms with E-state index in [1.54, 1.807) is 7.11 Å². The van der Waals surface area contributed by atoms with E-state index in [1.165, 1.54) is 41.2 Å². The van der Waals surface area contributed by atoms with Crippen LogP contribution in [0.5, 0.6) is 5.75 Å². The van der Waals surface area contributed by atoms with E-state index < -0.39 is 0 Å². The highest BCUT2D eigenvalue weighted by molar-refractivity contribution is 5.92. The number of aryl methyl sites for hydroxylation is 2. The van der Waals surface area contributed by atoms with E-state index in [0.29, 0.717) is 6.79 Å². The molecule has 2 aromatic rings. The van der Waals surface area contributed by atoms with Crippen LogP contribution >= 0.6 is 0 Å². The highest BCUT2D eigenvalue weighted by Crippen LogP contribution is 2.35. The lowest BCUT2D eigenvalue weighted by Gasteiger charge is -2.12. The molecular weight excluding hydrogens is 212 g/mol. The van der Waals surface area contributed by atoms with Gasteiger partial charge in [0.05, 0.1) is 0 Å². The van der Waals surface area contributed by atoms with Crippen molar-refractivity contribution in [2.45, 2.75) is 19.3 Å². The summed E-state index contributed by atoms with van der Waals surface area (Å²) >= 11 is 0. The van der Waals surface area contributed by atoms with Gasteiger partial charge in [-0.25, -0.2) is 0 Å². The Balaban J connectivity index is 2.18. The minimum atomic E-state index is 0.308. The summed E-state index contributed by atoms with van der Waals surface area (Å²) in [6.07, 6.45) is 3.62. The van der Waals surface area contributed by atoms with Crippen LogP contribution in [-0.4, -0.2) is 13.9 Å². The van der Waals surface area contributed by atoms with Gasteiger partial charge in [0, 0.05) is 12.5 Å². The molecular formula is C15H16O2. The van der Waals surface area contributed by atoms with E-state index in [-0.39, 0.29) is 0 Å². The zero-order valence-corrected chi connectivity index (χ0v) is 10.0. The summed E-state index contributed by atoms with van der Waals surface area (Å²) in [5.41, 5.74) is 2.94. The number of hydrogen-bond acceptors (Lipinski definition) is 2. The molecule has 3 rings (SSSR count). The van der Waals surface area contributed by atoms with E-state index in [0.717, 1.165) is 5.75 Å². The van der Waals surface area contributed by atoms with E-state index in [4.69, 9.17) is 9.47 Å². The lowest BCUT2D eigenvalue weighted by atomic mass is 10.0. The molecule has 0 fully saturated rings. The van der Waals surface area contributed by atoms with Crippen molar-refractivity contribution < 1.29 is 9.47 Å². The molecule has 2 heteroatoms. The maximum absolute atomic E-state index is 5.67. The molecule has 17 heavy (non-hydrogen) atoms. The molecule has 0 aromatic heterocycles. The number of rotatable bonds is 3. The van der Waals surface area contributed by atoms with Crippen molar-refractivity contribution in [1.29, 1.82) is 0 Å². The van der Waals surface area contributed by atoms with Crippen molar-refractivity contribution in [2.75, 3.05) is 13.9 Å². The van der Waals surface area contributed by atoms with Gasteiger partial charge in [-0.15, -0.1) is 0 Å². The fraction of sp³-hybridized carbons (Fsp3) is 0.333. The Labute approximate surface area is 101 Å². The zero-order chi connectivity index (χ0) is 11.7. The van der Waals surface area contributed by atoms with E-state index in [1.807, 2.05) is 12.1 Å². The van der Waals surface area contributed by atoms with Crippen LogP contribution < -0.4 is 4.74 Å². The van der Waals surface area contributed by atoms with Gasteiger partial charge in [-0.1, -0.05) is 24.3 Å². The summed E-state index contributed by atoms with van der Waals surface area (Å²) in [7, 11) is 1.65. The van der Waals surface area contributed by atoms with Gasteiger partial charge in [0.1, 0.15) is 5.75 Å². The Bertz CT molecular complexity index is 546. The van der Waals surface area contributed by atoms with Crippen LogP contribution in [-0.2, 0) is 17.6 Å². The standard InChI is InChI=1S/C15H16O2/c1-16-10-17-14-7-3-5-12-9-8-11-4-2-6-13(11)15(12)14/h3,5,7-9H,2,4,6,10H2,1H3. The number of hydrogen-bond donors (Lipinski definition) is 0. The lowest BCUT2D eigenvalue weighted by molar-refractivity contribution is 0.0522. The molecule has 0 heterocycles. The van der Waals surface area contributed by atoms with Crippen molar-refractivity contribution >= 4 is 10.8 Å². The van der Waals surface area contributed by atoms with Crippen LogP contribution in [0.2, 0.25) is 0 Å². The first-order valence-electron chi connectivity index (χ1n) is 6.05. The predicted octanol–water partition coefficient (Wildman–Crippen LogP) is 3.31. The SMILES string of the molecule is COCOc1cccc2ccc3c(c12)CCC3. The first-order chi connectivity index (χ1) is 8.40. The van der Waals surface area contributed by atoms with Crippen molar-refractivity contribution in [2.24, 2.45) is 0 Å². The Morgan fingerprint density at radius 1 is 1.12 bits per heavy atom. The second-order valence-electron chi connectivity index (χ2n) is 4.46. The van der Waals surface area contributed by atoms with Crippen LogP contribution in [0.25, 0.3) is 10.8 Å². The highest BCUT2D eigenvalue weighted by atomic mass is 16.7. The molecule has 0 aliphatic heterocycles. The van der Waals surface area contributed by atoms with Gasteiger partial charge < -0.3 is 9.47 Å². The third kappa shape index (κ3) is 1.79. The van der Waals surface area contributed by atoms with Crippen molar-refractivity contribution in [3.05, 3.63) is 41.5 Å². The molecule has 1 aliphatic rings. The minimum absolute atomic E-state index is 0.308. The molecule has 0 N–H and O–H groups in total. The topological polar surface area (TPSA) is 18.5 Å². The second kappa shape index (κ2) is 4.38. The summed E-state index contributed by atoms with van der Waals surface area (Å²) in [6.45, 7) is 0.308. The number of ether oxygens (including phenoxy) is 2. The fourth-order valence-corrected chi connectivity index (χ4v) is 2.68. The first-order valence-corrected chi connectivity index (χ1v) is 6.05. The van der Waals surface area contributed by atoms with Crippen molar-refractivity contribution in [3.63, 3.8) is 0 Å². The average molecular weight is 228 g/mol. The van der Waals surface area contributed by atoms with Gasteiger partial charge in [0.15, 0.2) is 6.79 Å². The average Bonchev–Trinajstić information content (AvgIpc) is 2.84. The van der Waals surface area contributed by atoms with Crippen LogP contribution in [0, 0.1) is 0 Å². The van der Waals surface area contributed by atoms with E-state index >= 15 is 0 Å². The van der Waals surface area contributed by atoms with E-state index in [9.17, 15) is 0 Å². The van der Waals surface area contributed by atoms with Gasteiger partial charge in [0.2, 0.25) is 0 Å².